The molecule has 0 unspecified atom stereocenters. The molecular formula is C10H15NS. The van der Waals surface area contributed by atoms with Gasteiger partial charge in [-0.15, -0.1) is 0 Å². The quantitative estimate of drug-likeness (QED) is 0.660. The van der Waals surface area contributed by atoms with E-state index >= 15 is 0 Å². The van der Waals surface area contributed by atoms with Crippen molar-refractivity contribution in [2.75, 3.05) is 13.3 Å². The largest absolute Gasteiger partial charge is 0.250 e. The first-order chi connectivity index (χ1) is 5.72. The average Bonchev–Trinajstić information content (AvgIpc) is 2.09. The van der Waals surface area contributed by atoms with Crippen molar-refractivity contribution in [3.05, 3.63) is 35.4 Å². The van der Waals surface area contributed by atoms with Crippen LogP contribution in [-0.4, -0.2) is 17.6 Å². The summed E-state index contributed by atoms with van der Waals surface area (Å²) in [7, 11) is 2.10. The van der Waals surface area contributed by atoms with Crippen LogP contribution in [0.3, 0.4) is 0 Å². The molecule has 1 aromatic rings. The van der Waals surface area contributed by atoms with Gasteiger partial charge in [0.1, 0.15) is 0 Å². The Balaban J connectivity index is 2.58. The van der Waals surface area contributed by atoms with E-state index in [0.717, 1.165) is 6.54 Å². The van der Waals surface area contributed by atoms with Gasteiger partial charge in [0, 0.05) is 6.54 Å². The second kappa shape index (κ2) is 4.53. The molecule has 1 nitrogen and oxygen atoms in total. The summed E-state index contributed by atoms with van der Waals surface area (Å²) in [5.41, 5.74) is 2.70. The molecule has 0 radical (unpaired) electrons. The van der Waals surface area contributed by atoms with Crippen molar-refractivity contribution < 1.29 is 0 Å². The van der Waals surface area contributed by atoms with Crippen molar-refractivity contribution in [2.45, 2.75) is 13.5 Å². The van der Waals surface area contributed by atoms with Crippen LogP contribution in [0.1, 0.15) is 11.1 Å². The monoisotopic (exact) mass is 181 g/mol. The van der Waals surface area contributed by atoms with E-state index in [-0.39, 0.29) is 0 Å². The van der Waals surface area contributed by atoms with E-state index in [2.05, 4.69) is 48.8 Å². The van der Waals surface area contributed by atoms with Gasteiger partial charge < -0.3 is 0 Å². The minimum absolute atomic E-state index is 1.02. The molecule has 1 aromatic carbocycles. The van der Waals surface area contributed by atoms with Crippen LogP contribution in [0.15, 0.2) is 24.3 Å². The van der Waals surface area contributed by atoms with Crippen molar-refractivity contribution in [3.63, 3.8) is 0 Å². The van der Waals surface area contributed by atoms with Crippen LogP contribution in [0.2, 0.25) is 0 Å². The summed E-state index contributed by atoms with van der Waals surface area (Å²) in [6, 6.07) is 8.68. The predicted octanol–water partition coefficient (Wildman–Crippen LogP) is 2.70. The Hall–Kier alpha value is -0.470. The van der Waals surface area contributed by atoms with Crippen molar-refractivity contribution in [1.29, 1.82) is 0 Å². The molecule has 0 amide bonds. The number of aryl methyl sites for hydroxylation is 1. The lowest BCUT2D eigenvalue weighted by Gasteiger charge is -2.12. The second-order valence-electron chi connectivity index (χ2n) is 2.95. The fourth-order valence-corrected chi connectivity index (χ4v) is 1.29. The number of hydrogen-bond donors (Lipinski definition) is 0. The second-order valence-corrected chi connectivity index (χ2v) is 3.94. The van der Waals surface area contributed by atoms with Crippen molar-refractivity contribution in [3.8, 4) is 0 Å². The van der Waals surface area contributed by atoms with Crippen LogP contribution in [0.25, 0.3) is 0 Å². The number of benzene rings is 1. The maximum atomic E-state index is 2.21. The fraction of sp³-hybridized carbons (Fsp3) is 0.400. The van der Waals surface area contributed by atoms with Gasteiger partial charge in [-0.25, -0.2) is 4.31 Å². The molecule has 2 heteroatoms. The lowest BCUT2D eigenvalue weighted by atomic mass is 10.1. The van der Waals surface area contributed by atoms with Crippen LogP contribution in [0, 0.1) is 6.92 Å². The molecule has 0 aliphatic carbocycles. The molecule has 0 bridgehead atoms. The molecule has 0 spiro atoms. The van der Waals surface area contributed by atoms with Crippen LogP contribution < -0.4 is 0 Å². The SMILES string of the molecule is CSN(C)Cc1ccc(C)cc1. The maximum absolute atomic E-state index is 2.21. The maximum Gasteiger partial charge on any atom is 0.0337 e. The molecule has 0 fully saturated rings. The summed E-state index contributed by atoms with van der Waals surface area (Å²) >= 11 is 1.76. The Bertz CT molecular complexity index is 230. The molecule has 0 atom stereocenters. The molecule has 1 rings (SSSR count). The summed E-state index contributed by atoms with van der Waals surface area (Å²) in [5, 5.41) is 0. The Morgan fingerprint density at radius 1 is 1.25 bits per heavy atom. The van der Waals surface area contributed by atoms with E-state index in [4.69, 9.17) is 0 Å². The Kier molecular flexibility index (Phi) is 3.63. The highest BCUT2D eigenvalue weighted by molar-refractivity contribution is 7.96. The van der Waals surface area contributed by atoms with Crippen LogP contribution in [0.4, 0.5) is 0 Å². The zero-order chi connectivity index (χ0) is 8.97. The van der Waals surface area contributed by atoms with Gasteiger partial charge in [-0.2, -0.15) is 0 Å². The predicted molar refractivity (Wildman–Crippen MR) is 56.2 cm³/mol. The Labute approximate surface area is 78.9 Å². The Morgan fingerprint density at radius 2 is 1.83 bits per heavy atom. The zero-order valence-electron chi connectivity index (χ0n) is 7.87. The summed E-state index contributed by atoms with van der Waals surface area (Å²) < 4.78 is 2.21. The van der Waals surface area contributed by atoms with Crippen LogP contribution in [0.5, 0.6) is 0 Å². The fourth-order valence-electron chi connectivity index (χ4n) is 1.02. The lowest BCUT2D eigenvalue weighted by molar-refractivity contribution is 0.567. The van der Waals surface area contributed by atoms with Crippen molar-refractivity contribution in [2.24, 2.45) is 0 Å². The summed E-state index contributed by atoms with van der Waals surface area (Å²) in [5.74, 6) is 0. The van der Waals surface area contributed by atoms with E-state index in [9.17, 15) is 0 Å². The van der Waals surface area contributed by atoms with Gasteiger partial charge in [0.15, 0.2) is 0 Å². The van der Waals surface area contributed by atoms with Gasteiger partial charge in [-0.3, -0.25) is 0 Å². The van der Waals surface area contributed by atoms with E-state index < -0.39 is 0 Å². The number of rotatable bonds is 3. The standard InChI is InChI=1S/C10H15NS/c1-9-4-6-10(7-5-9)8-11(2)12-3/h4-7H,8H2,1-3H3. The molecule has 12 heavy (non-hydrogen) atoms. The zero-order valence-corrected chi connectivity index (χ0v) is 8.69. The molecule has 0 aliphatic heterocycles. The lowest BCUT2D eigenvalue weighted by Crippen LogP contribution is -2.07. The molecule has 66 valence electrons. The molecule has 0 saturated heterocycles. The van der Waals surface area contributed by atoms with E-state index in [1.807, 2.05) is 0 Å². The number of nitrogens with zero attached hydrogens (tertiary/aromatic N) is 1. The average molecular weight is 181 g/mol. The molecule has 0 N–H and O–H groups in total. The first kappa shape index (κ1) is 9.62. The molecule has 0 aliphatic rings. The summed E-state index contributed by atoms with van der Waals surface area (Å²) in [6.07, 6.45) is 2.09. The van der Waals surface area contributed by atoms with Gasteiger partial charge in [0.05, 0.1) is 0 Å². The highest BCUT2D eigenvalue weighted by atomic mass is 32.2. The summed E-state index contributed by atoms with van der Waals surface area (Å²) in [4.78, 5) is 0. The van der Waals surface area contributed by atoms with Crippen LogP contribution >= 0.6 is 11.9 Å². The highest BCUT2D eigenvalue weighted by Gasteiger charge is 1.96. The van der Waals surface area contributed by atoms with Gasteiger partial charge in [-0.05, 0) is 25.8 Å². The van der Waals surface area contributed by atoms with Gasteiger partial charge in [0.25, 0.3) is 0 Å². The van der Waals surface area contributed by atoms with Crippen LogP contribution in [-0.2, 0) is 6.54 Å². The minimum atomic E-state index is 1.02. The molecular weight excluding hydrogens is 166 g/mol. The minimum Gasteiger partial charge on any atom is -0.250 e. The summed E-state index contributed by atoms with van der Waals surface area (Å²) in [6.45, 7) is 3.13. The third-order valence-electron chi connectivity index (χ3n) is 1.84. The molecule has 0 saturated carbocycles. The van der Waals surface area contributed by atoms with Crippen molar-refractivity contribution >= 4 is 11.9 Å². The van der Waals surface area contributed by atoms with Crippen molar-refractivity contribution in [1.82, 2.24) is 4.31 Å². The first-order valence-electron chi connectivity index (χ1n) is 4.03. The topological polar surface area (TPSA) is 3.24 Å². The van der Waals surface area contributed by atoms with E-state index in [1.165, 1.54) is 11.1 Å². The van der Waals surface area contributed by atoms with E-state index in [1.54, 1.807) is 11.9 Å². The van der Waals surface area contributed by atoms with Gasteiger partial charge >= 0.3 is 0 Å². The Morgan fingerprint density at radius 3 is 2.33 bits per heavy atom. The smallest absolute Gasteiger partial charge is 0.0337 e. The first-order valence-corrected chi connectivity index (χ1v) is 5.21. The highest BCUT2D eigenvalue weighted by Crippen LogP contribution is 2.09. The van der Waals surface area contributed by atoms with Gasteiger partial charge in [-0.1, -0.05) is 41.8 Å². The number of hydrogen-bond acceptors (Lipinski definition) is 2. The third kappa shape index (κ3) is 2.88. The normalized spacial score (nSPS) is 10.7. The molecule has 0 aromatic heterocycles. The third-order valence-corrected chi connectivity index (χ3v) is 2.59. The van der Waals surface area contributed by atoms with Gasteiger partial charge in [0.2, 0.25) is 0 Å². The van der Waals surface area contributed by atoms with E-state index in [0.29, 0.717) is 0 Å². The molecule has 0 heterocycles.